The van der Waals surface area contributed by atoms with Crippen LogP contribution in [0.5, 0.6) is 0 Å². The number of nitrogens with zero attached hydrogens (tertiary/aromatic N) is 1. The third-order valence-corrected chi connectivity index (χ3v) is 9.58. The summed E-state index contributed by atoms with van der Waals surface area (Å²) in [6, 6.07) is 10.2. The van der Waals surface area contributed by atoms with Gasteiger partial charge in [0.25, 0.3) is 0 Å². The van der Waals surface area contributed by atoms with Gasteiger partial charge in [-0.15, -0.1) is 0 Å². The Morgan fingerprint density at radius 2 is 1.94 bits per heavy atom. The topological polar surface area (TPSA) is 62.7 Å². The Hall–Kier alpha value is -2.47. The van der Waals surface area contributed by atoms with E-state index in [1.54, 1.807) is 6.92 Å². The van der Waals surface area contributed by atoms with Crippen molar-refractivity contribution in [2.45, 2.75) is 71.9 Å². The number of benzene rings is 1. The second-order valence-electron chi connectivity index (χ2n) is 11.3. The predicted molar refractivity (Wildman–Crippen MR) is 144 cm³/mol. The molecule has 186 valence electrons. The van der Waals surface area contributed by atoms with Crippen LogP contribution in [0.15, 0.2) is 59.2 Å². The molecule has 6 atom stereocenters. The van der Waals surface area contributed by atoms with E-state index in [9.17, 15) is 4.79 Å². The van der Waals surface area contributed by atoms with Crippen LogP contribution in [-0.2, 0) is 16.1 Å². The molecular formula is C29H37N3O2S. The third kappa shape index (κ3) is 4.57. The van der Waals surface area contributed by atoms with Crippen LogP contribution in [-0.4, -0.2) is 22.9 Å². The van der Waals surface area contributed by atoms with Crippen molar-refractivity contribution in [3.8, 4) is 0 Å². The zero-order chi connectivity index (χ0) is 24.6. The number of carbonyl (C=O) groups excluding carboxylic acids is 1. The second kappa shape index (κ2) is 9.53. The molecule has 4 aliphatic carbocycles. The van der Waals surface area contributed by atoms with Crippen molar-refractivity contribution >= 4 is 29.0 Å². The summed E-state index contributed by atoms with van der Waals surface area (Å²) >= 11 is 5.43. The molecule has 0 spiro atoms. The summed E-state index contributed by atoms with van der Waals surface area (Å²) in [7, 11) is 0. The normalized spacial score (nSPS) is 36.4. The number of fused-ring (bicyclic) bond motifs is 5. The van der Waals surface area contributed by atoms with E-state index in [1.165, 1.54) is 17.6 Å². The van der Waals surface area contributed by atoms with Crippen molar-refractivity contribution in [1.82, 2.24) is 10.7 Å². The average molecular weight is 492 g/mol. The van der Waals surface area contributed by atoms with Gasteiger partial charge in [-0.1, -0.05) is 56.3 Å². The number of rotatable bonds is 4. The third-order valence-electron chi connectivity index (χ3n) is 9.35. The van der Waals surface area contributed by atoms with Crippen LogP contribution in [0.25, 0.3) is 0 Å². The lowest BCUT2D eigenvalue weighted by Crippen LogP contribution is -2.50. The highest BCUT2D eigenvalue weighted by molar-refractivity contribution is 7.80. The summed E-state index contributed by atoms with van der Waals surface area (Å²) in [4.78, 5) is 11.7. The van der Waals surface area contributed by atoms with Crippen molar-refractivity contribution < 1.29 is 9.53 Å². The highest BCUT2D eigenvalue weighted by Crippen LogP contribution is 2.64. The van der Waals surface area contributed by atoms with Crippen molar-refractivity contribution in [2.24, 2.45) is 33.7 Å². The minimum absolute atomic E-state index is 0.0691. The summed E-state index contributed by atoms with van der Waals surface area (Å²) in [5, 5.41) is 8.40. The maximum Gasteiger partial charge on any atom is 0.302 e. The standard InChI is InChI=1S/C29H37N3O2S/c1-19(33)34-26-12-11-24-23-10-9-21-17-22(13-15-28(21,2)25(23)14-16-29(24,26)3)31-32-27(35)30-18-20-7-5-4-6-8-20/h4-10,17,23-26H,11-16,18H2,1-3H3,(H2,30,32,35)/b31-22+. The largest absolute Gasteiger partial charge is 0.462 e. The van der Waals surface area contributed by atoms with E-state index in [0.717, 1.165) is 37.8 Å². The lowest BCUT2D eigenvalue weighted by molar-refractivity contribution is -0.155. The zero-order valence-corrected chi connectivity index (χ0v) is 21.9. The van der Waals surface area contributed by atoms with Crippen LogP contribution in [0.2, 0.25) is 0 Å². The van der Waals surface area contributed by atoms with Gasteiger partial charge in [0.05, 0.1) is 5.71 Å². The van der Waals surface area contributed by atoms with E-state index < -0.39 is 0 Å². The fraction of sp³-hybridized carbons (Fsp3) is 0.552. The summed E-state index contributed by atoms with van der Waals surface area (Å²) in [5.41, 5.74) is 6.95. The summed E-state index contributed by atoms with van der Waals surface area (Å²) in [6.45, 7) is 7.05. The number of hydrogen-bond acceptors (Lipinski definition) is 4. The van der Waals surface area contributed by atoms with Gasteiger partial charge < -0.3 is 10.1 Å². The van der Waals surface area contributed by atoms with Crippen LogP contribution in [0, 0.1) is 28.6 Å². The van der Waals surface area contributed by atoms with Gasteiger partial charge in [-0.25, -0.2) is 0 Å². The Bertz CT molecular complexity index is 1080. The fourth-order valence-electron chi connectivity index (χ4n) is 7.38. The highest BCUT2D eigenvalue weighted by atomic mass is 32.1. The Labute approximate surface area is 214 Å². The molecule has 35 heavy (non-hydrogen) atoms. The fourth-order valence-corrected chi connectivity index (χ4v) is 7.50. The van der Waals surface area contributed by atoms with Crippen LogP contribution < -0.4 is 10.7 Å². The Kier molecular flexibility index (Phi) is 6.60. The number of allylic oxidation sites excluding steroid dienone is 4. The van der Waals surface area contributed by atoms with Crippen LogP contribution in [0.3, 0.4) is 0 Å². The molecule has 2 fully saturated rings. The first-order valence-electron chi connectivity index (χ1n) is 13.0. The number of nitrogens with one attached hydrogen (secondary N) is 2. The quantitative estimate of drug-likeness (QED) is 0.322. The average Bonchev–Trinajstić information content (AvgIpc) is 3.17. The number of thiocarbonyl (C=S) groups is 1. The Balaban J connectivity index is 1.27. The molecule has 0 radical (unpaired) electrons. The van der Waals surface area contributed by atoms with Crippen molar-refractivity contribution in [2.75, 3.05) is 0 Å². The lowest BCUT2D eigenvalue weighted by atomic mass is 9.49. The number of esters is 1. The lowest BCUT2D eigenvalue weighted by Gasteiger charge is -2.55. The zero-order valence-electron chi connectivity index (χ0n) is 21.0. The minimum Gasteiger partial charge on any atom is -0.462 e. The van der Waals surface area contributed by atoms with E-state index in [0.29, 0.717) is 29.4 Å². The Morgan fingerprint density at radius 1 is 1.14 bits per heavy atom. The van der Waals surface area contributed by atoms with Crippen molar-refractivity contribution in [1.29, 1.82) is 0 Å². The molecule has 2 saturated carbocycles. The summed E-state index contributed by atoms with van der Waals surface area (Å²) in [6.07, 6.45) is 13.7. The van der Waals surface area contributed by atoms with Crippen LogP contribution >= 0.6 is 12.2 Å². The number of ether oxygens (including phenoxy) is 1. The van der Waals surface area contributed by atoms with E-state index in [1.807, 2.05) is 18.2 Å². The molecule has 2 N–H and O–H groups in total. The molecule has 5 rings (SSSR count). The van der Waals surface area contributed by atoms with Crippen molar-refractivity contribution in [3.05, 3.63) is 59.7 Å². The smallest absolute Gasteiger partial charge is 0.302 e. The molecule has 0 aliphatic heterocycles. The Morgan fingerprint density at radius 3 is 2.71 bits per heavy atom. The van der Waals surface area contributed by atoms with Gasteiger partial charge in [0.15, 0.2) is 5.11 Å². The van der Waals surface area contributed by atoms with Crippen molar-refractivity contribution in [3.63, 3.8) is 0 Å². The summed E-state index contributed by atoms with van der Waals surface area (Å²) < 4.78 is 5.79. The van der Waals surface area contributed by atoms with Gasteiger partial charge >= 0.3 is 5.97 Å². The number of carbonyl (C=O) groups is 1. The van der Waals surface area contributed by atoms with Gasteiger partial charge in [-0.05, 0) is 91.1 Å². The molecule has 0 aromatic heterocycles. The second-order valence-corrected chi connectivity index (χ2v) is 11.7. The van der Waals surface area contributed by atoms with Gasteiger partial charge in [-0.3, -0.25) is 10.2 Å². The SMILES string of the molecule is CC(=O)OC1CCC2C3C=CC4=C/C(=N/NC(=S)NCc5ccccc5)CCC4(C)C3CCC12C. The molecule has 0 saturated heterocycles. The van der Waals surface area contributed by atoms with E-state index in [-0.39, 0.29) is 22.9 Å². The molecule has 1 aromatic rings. The van der Waals surface area contributed by atoms with Gasteiger partial charge in [0.2, 0.25) is 0 Å². The van der Waals surface area contributed by atoms with Crippen LogP contribution in [0.4, 0.5) is 0 Å². The number of hydrogen-bond donors (Lipinski definition) is 2. The van der Waals surface area contributed by atoms with Gasteiger partial charge in [0.1, 0.15) is 6.10 Å². The molecule has 6 heteroatoms. The van der Waals surface area contributed by atoms with Gasteiger partial charge in [0, 0.05) is 18.9 Å². The first-order valence-corrected chi connectivity index (χ1v) is 13.4. The molecule has 0 amide bonds. The highest BCUT2D eigenvalue weighted by Gasteiger charge is 2.58. The monoisotopic (exact) mass is 491 g/mol. The first-order chi connectivity index (χ1) is 16.8. The van der Waals surface area contributed by atoms with E-state index in [4.69, 9.17) is 17.0 Å². The minimum atomic E-state index is -0.141. The molecule has 6 unspecified atom stereocenters. The first kappa shape index (κ1) is 24.2. The molecular weight excluding hydrogens is 454 g/mol. The molecule has 0 heterocycles. The number of hydrazone groups is 1. The van der Waals surface area contributed by atoms with E-state index >= 15 is 0 Å². The molecule has 5 nitrogen and oxygen atoms in total. The van der Waals surface area contributed by atoms with Gasteiger partial charge in [-0.2, -0.15) is 5.10 Å². The van der Waals surface area contributed by atoms with E-state index in [2.05, 4.69) is 60.1 Å². The maximum atomic E-state index is 11.7. The molecule has 1 aromatic carbocycles. The predicted octanol–water partition coefficient (Wildman–Crippen LogP) is 5.68. The maximum absolute atomic E-state index is 11.7. The summed E-state index contributed by atoms with van der Waals surface area (Å²) in [5.74, 6) is 1.64. The molecule has 0 bridgehead atoms. The van der Waals surface area contributed by atoms with Crippen LogP contribution in [0.1, 0.15) is 64.9 Å². The molecule has 4 aliphatic rings.